The smallest absolute Gasteiger partial charge is 0.283 e. The Morgan fingerprint density at radius 1 is 1.53 bits per heavy atom. The minimum Gasteiger partial charge on any atom is -0.383 e. The maximum Gasteiger partial charge on any atom is 0.283 e. The minimum absolute atomic E-state index is 0.0693. The predicted molar refractivity (Wildman–Crippen MR) is 74.4 cm³/mol. The summed E-state index contributed by atoms with van der Waals surface area (Å²) in [4.78, 5) is 12.0. The molecule has 0 aromatic carbocycles. The van der Waals surface area contributed by atoms with Crippen molar-refractivity contribution >= 4 is 21.6 Å². The monoisotopic (exact) mass is 301 g/mol. The molecule has 0 spiro atoms. The zero-order valence-electron chi connectivity index (χ0n) is 10.7. The van der Waals surface area contributed by atoms with Gasteiger partial charge in [0.05, 0.1) is 11.9 Å². The zero-order chi connectivity index (χ0) is 12.8. The molecule has 0 amide bonds. The number of hydrogen-bond donors (Lipinski definition) is 1. The van der Waals surface area contributed by atoms with Crippen LogP contribution in [-0.4, -0.2) is 16.3 Å². The SMILES string of the molecule is CCCCNc1cnn(CC(C)C)c(=O)c1Br. The van der Waals surface area contributed by atoms with Gasteiger partial charge in [0.1, 0.15) is 4.47 Å². The molecule has 0 radical (unpaired) electrons. The minimum atomic E-state index is -0.0693. The highest BCUT2D eigenvalue weighted by atomic mass is 79.9. The third-order valence-electron chi connectivity index (χ3n) is 2.37. The van der Waals surface area contributed by atoms with Crippen LogP contribution in [0.2, 0.25) is 0 Å². The van der Waals surface area contributed by atoms with Crippen LogP contribution in [0, 0.1) is 5.92 Å². The Morgan fingerprint density at radius 2 is 2.24 bits per heavy atom. The number of nitrogens with zero attached hydrogens (tertiary/aromatic N) is 2. The van der Waals surface area contributed by atoms with Gasteiger partial charge < -0.3 is 5.32 Å². The van der Waals surface area contributed by atoms with Crippen molar-refractivity contribution in [3.63, 3.8) is 0 Å². The van der Waals surface area contributed by atoms with Crippen LogP contribution < -0.4 is 10.9 Å². The number of unbranched alkanes of at least 4 members (excludes halogenated alkanes) is 1. The van der Waals surface area contributed by atoms with Crippen molar-refractivity contribution in [1.82, 2.24) is 9.78 Å². The molecule has 1 aromatic heterocycles. The summed E-state index contributed by atoms with van der Waals surface area (Å²) in [6.07, 6.45) is 3.92. The molecule has 96 valence electrons. The quantitative estimate of drug-likeness (QED) is 0.822. The molecule has 5 heteroatoms. The molecule has 1 rings (SSSR count). The normalized spacial score (nSPS) is 10.9. The van der Waals surface area contributed by atoms with E-state index in [4.69, 9.17) is 0 Å². The lowest BCUT2D eigenvalue weighted by Gasteiger charge is -2.11. The van der Waals surface area contributed by atoms with Crippen LogP contribution in [0.25, 0.3) is 0 Å². The van der Waals surface area contributed by atoms with Crippen molar-refractivity contribution < 1.29 is 0 Å². The van der Waals surface area contributed by atoms with E-state index in [1.807, 2.05) is 0 Å². The van der Waals surface area contributed by atoms with Crippen molar-refractivity contribution in [2.75, 3.05) is 11.9 Å². The Bertz CT molecular complexity index is 415. The maximum atomic E-state index is 12.0. The number of aromatic nitrogens is 2. The number of halogens is 1. The van der Waals surface area contributed by atoms with E-state index in [0.717, 1.165) is 25.1 Å². The van der Waals surface area contributed by atoms with E-state index in [0.29, 0.717) is 16.9 Å². The third-order valence-corrected chi connectivity index (χ3v) is 3.14. The molecule has 1 heterocycles. The molecule has 0 saturated heterocycles. The first-order valence-corrected chi connectivity index (χ1v) is 6.85. The number of nitrogens with one attached hydrogen (secondary N) is 1. The summed E-state index contributed by atoms with van der Waals surface area (Å²) in [6, 6.07) is 0. The van der Waals surface area contributed by atoms with Gasteiger partial charge >= 0.3 is 0 Å². The van der Waals surface area contributed by atoms with Gasteiger partial charge in [-0.1, -0.05) is 27.2 Å². The highest BCUT2D eigenvalue weighted by molar-refractivity contribution is 9.10. The first kappa shape index (κ1) is 14.2. The second-order valence-corrected chi connectivity index (χ2v) is 5.33. The van der Waals surface area contributed by atoms with E-state index >= 15 is 0 Å². The van der Waals surface area contributed by atoms with Crippen LogP contribution >= 0.6 is 15.9 Å². The molecule has 0 aliphatic rings. The Morgan fingerprint density at radius 3 is 2.82 bits per heavy atom. The lowest BCUT2D eigenvalue weighted by atomic mass is 10.2. The average Bonchev–Trinajstić information content (AvgIpc) is 2.28. The molecular formula is C12H20BrN3O. The first-order chi connectivity index (χ1) is 8.06. The lowest BCUT2D eigenvalue weighted by molar-refractivity contribution is 0.462. The summed E-state index contributed by atoms with van der Waals surface area (Å²) in [6.45, 7) is 7.78. The molecule has 0 saturated carbocycles. The molecule has 0 unspecified atom stereocenters. The second-order valence-electron chi connectivity index (χ2n) is 4.53. The van der Waals surface area contributed by atoms with E-state index in [2.05, 4.69) is 47.1 Å². The first-order valence-electron chi connectivity index (χ1n) is 6.05. The van der Waals surface area contributed by atoms with Gasteiger partial charge in [0.25, 0.3) is 5.56 Å². The summed E-state index contributed by atoms with van der Waals surface area (Å²) in [5.41, 5.74) is 0.712. The van der Waals surface area contributed by atoms with Gasteiger partial charge in [-0.25, -0.2) is 4.68 Å². The molecule has 17 heavy (non-hydrogen) atoms. The maximum absolute atomic E-state index is 12.0. The zero-order valence-corrected chi connectivity index (χ0v) is 12.2. The summed E-state index contributed by atoms with van der Waals surface area (Å²) in [5.74, 6) is 0.408. The fourth-order valence-corrected chi connectivity index (χ4v) is 1.91. The molecule has 0 bridgehead atoms. The van der Waals surface area contributed by atoms with Crippen molar-refractivity contribution in [2.45, 2.75) is 40.2 Å². The second kappa shape index (κ2) is 6.79. The van der Waals surface area contributed by atoms with Crippen molar-refractivity contribution in [1.29, 1.82) is 0 Å². The molecule has 0 aliphatic carbocycles. The van der Waals surface area contributed by atoms with Crippen LogP contribution in [0.3, 0.4) is 0 Å². The molecular weight excluding hydrogens is 282 g/mol. The summed E-state index contributed by atoms with van der Waals surface area (Å²) >= 11 is 3.34. The Kier molecular flexibility index (Phi) is 5.68. The lowest BCUT2D eigenvalue weighted by Crippen LogP contribution is -2.26. The van der Waals surface area contributed by atoms with Crippen LogP contribution in [0.1, 0.15) is 33.6 Å². The highest BCUT2D eigenvalue weighted by Crippen LogP contribution is 2.16. The molecule has 1 N–H and O–H groups in total. The van der Waals surface area contributed by atoms with Gasteiger partial charge in [-0.15, -0.1) is 0 Å². The van der Waals surface area contributed by atoms with Crippen LogP contribution in [-0.2, 0) is 6.54 Å². The van der Waals surface area contributed by atoms with E-state index in [1.165, 1.54) is 4.68 Å². The Labute approximate surface area is 111 Å². The van der Waals surface area contributed by atoms with Gasteiger partial charge in [0, 0.05) is 13.1 Å². The molecule has 0 fully saturated rings. The molecule has 4 nitrogen and oxygen atoms in total. The molecule has 0 atom stereocenters. The van der Waals surface area contributed by atoms with E-state index in [-0.39, 0.29) is 5.56 Å². The standard InChI is InChI=1S/C12H20BrN3O/c1-4-5-6-14-10-7-15-16(8-9(2)3)12(17)11(10)13/h7,9,14H,4-6,8H2,1-3H3. The predicted octanol–water partition coefficient (Wildman–Crippen LogP) is 2.87. The molecule has 0 aliphatic heterocycles. The van der Waals surface area contributed by atoms with Gasteiger partial charge in [-0.3, -0.25) is 4.79 Å². The fraction of sp³-hybridized carbons (Fsp3) is 0.667. The fourth-order valence-electron chi connectivity index (χ4n) is 1.46. The Balaban J connectivity index is 2.83. The number of hydrogen-bond acceptors (Lipinski definition) is 3. The average molecular weight is 302 g/mol. The van der Waals surface area contributed by atoms with Gasteiger partial charge in [0.2, 0.25) is 0 Å². The highest BCUT2D eigenvalue weighted by Gasteiger charge is 2.09. The van der Waals surface area contributed by atoms with Gasteiger partial charge in [0.15, 0.2) is 0 Å². The molecule has 1 aromatic rings. The van der Waals surface area contributed by atoms with Crippen LogP contribution in [0.15, 0.2) is 15.5 Å². The summed E-state index contributed by atoms with van der Waals surface area (Å²) < 4.78 is 2.07. The van der Waals surface area contributed by atoms with Crippen molar-refractivity contribution in [3.8, 4) is 0 Å². The van der Waals surface area contributed by atoms with Crippen molar-refractivity contribution in [2.24, 2.45) is 5.92 Å². The van der Waals surface area contributed by atoms with Crippen molar-refractivity contribution in [3.05, 3.63) is 21.0 Å². The van der Waals surface area contributed by atoms with E-state index < -0.39 is 0 Å². The topological polar surface area (TPSA) is 46.9 Å². The van der Waals surface area contributed by atoms with Crippen LogP contribution in [0.4, 0.5) is 5.69 Å². The van der Waals surface area contributed by atoms with Gasteiger partial charge in [-0.05, 0) is 28.3 Å². The summed E-state index contributed by atoms with van der Waals surface area (Å²) in [5, 5.41) is 7.38. The summed E-state index contributed by atoms with van der Waals surface area (Å²) in [7, 11) is 0. The number of anilines is 1. The largest absolute Gasteiger partial charge is 0.383 e. The third kappa shape index (κ3) is 4.15. The number of rotatable bonds is 6. The van der Waals surface area contributed by atoms with E-state index in [1.54, 1.807) is 6.20 Å². The van der Waals surface area contributed by atoms with E-state index in [9.17, 15) is 4.79 Å². The van der Waals surface area contributed by atoms with Gasteiger partial charge in [-0.2, -0.15) is 5.10 Å². The Hall–Kier alpha value is -0.840. The van der Waals surface area contributed by atoms with Crippen LogP contribution in [0.5, 0.6) is 0 Å².